The molecule has 0 aliphatic carbocycles. The van der Waals surface area contributed by atoms with Crippen molar-refractivity contribution in [2.75, 3.05) is 24.6 Å². The molecule has 24 heavy (non-hydrogen) atoms. The Morgan fingerprint density at radius 2 is 1.71 bits per heavy atom. The van der Waals surface area contributed by atoms with Crippen molar-refractivity contribution >= 4 is 12.0 Å². The molecule has 0 spiro atoms. The lowest BCUT2D eigenvalue weighted by molar-refractivity contribution is -0.562. The third-order valence-corrected chi connectivity index (χ3v) is 4.57. The second-order valence-corrected chi connectivity index (χ2v) is 6.40. The van der Waals surface area contributed by atoms with Gasteiger partial charge in [0.15, 0.2) is 0 Å². The molecule has 1 aliphatic heterocycles. The van der Waals surface area contributed by atoms with Crippen molar-refractivity contribution in [2.24, 2.45) is 0 Å². The SMILES string of the molecule is Cc1cc(C)c(N2C=[N+]([C@H](CO)c3ccccc3)CC2)c(C)c1.[Cl-]. The molecule has 1 heterocycles. The van der Waals surface area contributed by atoms with Crippen LogP contribution < -0.4 is 17.3 Å². The number of nitrogens with zero attached hydrogens (tertiary/aromatic N) is 2. The van der Waals surface area contributed by atoms with Gasteiger partial charge in [0.1, 0.15) is 24.8 Å². The Bertz CT molecular complexity index is 705. The number of aliphatic hydroxyl groups excluding tert-OH is 1. The van der Waals surface area contributed by atoms with Crippen molar-refractivity contribution in [3.63, 3.8) is 0 Å². The maximum atomic E-state index is 9.86. The second-order valence-electron chi connectivity index (χ2n) is 6.40. The van der Waals surface area contributed by atoms with E-state index in [1.807, 2.05) is 18.2 Å². The van der Waals surface area contributed by atoms with Crippen LogP contribution in [0.25, 0.3) is 0 Å². The minimum Gasteiger partial charge on any atom is -1.00 e. The van der Waals surface area contributed by atoms with Crippen molar-refractivity contribution in [1.29, 1.82) is 0 Å². The molecular formula is C20H25ClN2O. The Kier molecular flexibility index (Phi) is 6.03. The van der Waals surface area contributed by atoms with Crippen LogP contribution in [0.2, 0.25) is 0 Å². The molecule has 1 N–H and O–H groups in total. The van der Waals surface area contributed by atoms with Gasteiger partial charge in [-0.3, -0.25) is 4.58 Å². The van der Waals surface area contributed by atoms with Crippen LogP contribution in [-0.2, 0) is 0 Å². The highest BCUT2D eigenvalue weighted by molar-refractivity contribution is 5.81. The Labute approximate surface area is 150 Å². The predicted octanol–water partition coefficient (Wildman–Crippen LogP) is 0.210. The maximum absolute atomic E-state index is 9.86. The van der Waals surface area contributed by atoms with Crippen molar-refractivity contribution < 1.29 is 22.1 Å². The predicted molar refractivity (Wildman–Crippen MR) is 95.5 cm³/mol. The lowest BCUT2D eigenvalue weighted by atomic mass is 10.0. The molecule has 0 fully saturated rings. The number of hydrogen-bond acceptors (Lipinski definition) is 2. The largest absolute Gasteiger partial charge is 1.00 e. The first kappa shape index (κ1) is 18.5. The zero-order chi connectivity index (χ0) is 16.4. The van der Waals surface area contributed by atoms with E-state index in [-0.39, 0.29) is 25.1 Å². The van der Waals surface area contributed by atoms with Gasteiger partial charge >= 0.3 is 0 Å². The van der Waals surface area contributed by atoms with Crippen LogP contribution in [0.3, 0.4) is 0 Å². The minimum absolute atomic E-state index is 0. The van der Waals surface area contributed by atoms with Crippen LogP contribution in [0.5, 0.6) is 0 Å². The van der Waals surface area contributed by atoms with Gasteiger partial charge < -0.3 is 17.5 Å². The molecule has 0 radical (unpaired) electrons. The Balaban J connectivity index is 0.00000208. The average Bonchev–Trinajstić information content (AvgIpc) is 2.97. The van der Waals surface area contributed by atoms with Crippen molar-refractivity contribution in [1.82, 2.24) is 0 Å². The summed E-state index contributed by atoms with van der Waals surface area (Å²) in [6.07, 6.45) is 2.17. The van der Waals surface area contributed by atoms with Gasteiger partial charge in [-0.15, -0.1) is 0 Å². The summed E-state index contributed by atoms with van der Waals surface area (Å²) in [5.41, 5.74) is 6.37. The molecule has 2 aromatic carbocycles. The smallest absolute Gasteiger partial charge is 0.240 e. The van der Waals surface area contributed by atoms with E-state index in [1.54, 1.807) is 0 Å². The van der Waals surface area contributed by atoms with E-state index in [9.17, 15) is 5.11 Å². The van der Waals surface area contributed by atoms with Gasteiger partial charge in [0.2, 0.25) is 6.34 Å². The highest BCUT2D eigenvalue weighted by Crippen LogP contribution is 2.28. The molecule has 0 saturated heterocycles. The summed E-state index contributed by atoms with van der Waals surface area (Å²) in [6.45, 7) is 8.49. The summed E-state index contributed by atoms with van der Waals surface area (Å²) in [5.74, 6) is 0. The number of aryl methyl sites for hydroxylation is 3. The molecule has 0 amide bonds. The summed E-state index contributed by atoms with van der Waals surface area (Å²) in [5, 5.41) is 9.86. The number of halogens is 1. The van der Waals surface area contributed by atoms with E-state index in [0.29, 0.717) is 0 Å². The van der Waals surface area contributed by atoms with Crippen LogP contribution in [0.4, 0.5) is 5.69 Å². The fraction of sp³-hybridized carbons (Fsp3) is 0.350. The summed E-state index contributed by atoms with van der Waals surface area (Å²) in [7, 11) is 0. The van der Waals surface area contributed by atoms with Gasteiger partial charge in [-0.25, -0.2) is 4.90 Å². The lowest BCUT2D eigenvalue weighted by Gasteiger charge is -2.14. The molecule has 0 unspecified atom stereocenters. The average molecular weight is 345 g/mol. The highest BCUT2D eigenvalue weighted by atomic mass is 35.5. The van der Waals surface area contributed by atoms with E-state index in [0.717, 1.165) is 18.7 Å². The fourth-order valence-electron chi connectivity index (χ4n) is 3.63. The molecule has 1 atom stereocenters. The van der Waals surface area contributed by atoms with Crippen LogP contribution in [-0.4, -0.2) is 35.7 Å². The van der Waals surface area contributed by atoms with Crippen molar-refractivity contribution in [3.05, 3.63) is 64.7 Å². The molecule has 3 rings (SSSR count). The summed E-state index contributed by atoms with van der Waals surface area (Å²) in [6, 6.07) is 14.7. The second kappa shape index (κ2) is 7.82. The number of aliphatic hydroxyl groups is 1. The molecule has 4 heteroatoms. The van der Waals surface area contributed by atoms with Gasteiger partial charge in [0.05, 0.1) is 6.61 Å². The number of rotatable bonds is 4. The van der Waals surface area contributed by atoms with Gasteiger partial charge in [-0.1, -0.05) is 48.0 Å². The molecule has 2 aromatic rings. The Hall–Kier alpha value is -1.84. The van der Waals surface area contributed by atoms with E-state index in [1.165, 1.54) is 22.4 Å². The van der Waals surface area contributed by atoms with Crippen molar-refractivity contribution in [3.8, 4) is 0 Å². The van der Waals surface area contributed by atoms with Gasteiger partial charge in [-0.05, 0) is 37.5 Å². The molecule has 0 aromatic heterocycles. The lowest BCUT2D eigenvalue weighted by Crippen LogP contribution is -3.00. The summed E-state index contributed by atoms with van der Waals surface area (Å²) < 4.78 is 2.24. The van der Waals surface area contributed by atoms with Crippen LogP contribution in [0.1, 0.15) is 28.3 Å². The molecule has 0 bridgehead atoms. The molecule has 0 saturated carbocycles. The van der Waals surface area contributed by atoms with Gasteiger partial charge in [-0.2, -0.15) is 0 Å². The molecule has 1 aliphatic rings. The van der Waals surface area contributed by atoms with E-state index >= 15 is 0 Å². The van der Waals surface area contributed by atoms with Crippen LogP contribution in [0, 0.1) is 20.8 Å². The van der Waals surface area contributed by atoms with Crippen LogP contribution >= 0.6 is 0 Å². The topological polar surface area (TPSA) is 26.5 Å². The van der Waals surface area contributed by atoms with Gasteiger partial charge in [0.25, 0.3) is 0 Å². The normalized spacial score (nSPS) is 15.0. The van der Waals surface area contributed by atoms with E-state index in [2.05, 4.69) is 60.9 Å². The van der Waals surface area contributed by atoms with E-state index in [4.69, 9.17) is 0 Å². The van der Waals surface area contributed by atoms with Gasteiger partial charge in [0, 0.05) is 0 Å². The van der Waals surface area contributed by atoms with E-state index < -0.39 is 0 Å². The first-order valence-corrected chi connectivity index (χ1v) is 8.21. The van der Waals surface area contributed by atoms with Crippen molar-refractivity contribution in [2.45, 2.75) is 26.8 Å². The number of benzene rings is 2. The molecular weight excluding hydrogens is 320 g/mol. The minimum atomic E-state index is 0. The standard InChI is InChI=1S/C20H25N2O.ClH/c1-15-11-16(2)20(17(3)12-15)22-10-9-21(14-22)19(13-23)18-7-5-4-6-8-18;/h4-8,11-12,14,19,23H,9-10,13H2,1-3H3;1H/q+1;/p-1/t19-;/m1./s1. The zero-order valence-electron chi connectivity index (χ0n) is 14.5. The molecule has 128 valence electrons. The molecule has 3 nitrogen and oxygen atoms in total. The first-order valence-electron chi connectivity index (χ1n) is 8.21. The zero-order valence-corrected chi connectivity index (χ0v) is 15.3. The first-order chi connectivity index (χ1) is 11.1. The highest BCUT2D eigenvalue weighted by Gasteiger charge is 2.29. The fourth-order valence-corrected chi connectivity index (χ4v) is 3.63. The Morgan fingerprint density at radius 1 is 1.08 bits per heavy atom. The summed E-state index contributed by atoms with van der Waals surface area (Å²) in [4.78, 5) is 2.32. The Morgan fingerprint density at radius 3 is 2.29 bits per heavy atom. The third kappa shape index (κ3) is 3.63. The number of anilines is 1. The third-order valence-electron chi connectivity index (χ3n) is 4.57. The maximum Gasteiger partial charge on any atom is 0.240 e. The quantitative estimate of drug-likeness (QED) is 0.803. The summed E-state index contributed by atoms with van der Waals surface area (Å²) >= 11 is 0. The monoisotopic (exact) mass is 344 g/mol. The van der Waals surface area contributed by atoms with Crippen LogP contribution in [0.15, 0.2) is 42.5 Å². The number of hydrogen-bond donors (Lipinski definition) is 1.